The van der Waals surface area contributed by atoms with Crippen molar-refractivity contribution < 1.29 is 9.53 Å². The van der Waals surface area contributed by atoms with Gasteiger partial charge in [-0.1, -0.05) is 15.9 Å². The van der Waals surface area contributed by atoms with Crippen molar-refractivity contribution in [3.05, 3.63) is 63.8 Å². The Morgan fingerprint density at radius 3 is 2.54 bits per heavy atom. The second kappa shape index (κ2) is 11.5. The molecule has 0 spiro atoms. The predicted molar refractivity (Wildman–Crippen MR) is 143 cm³/mol. The molecule has 0 radical (unpaired) electrons. The average molecular weight is 555 g/mol. The van der Waals surface area contributed by atoms with E-state index in [1.165, 1.54) is 0 Å². The molecule has 0 N–H and O–H groups in total. The molecule has 35 heavy (non-hydrogen) atoms. The molecule has 0 saturated carbocycles. The van der Waals surface area contributed by atoms with Crippen LogP contribution in [0.25, 0.3) is 22.6 Å². The lowest BCUT2D eigenvalue weighted by Crippen LogP contribution is -2.46. The van der Waals surface area contributed by atoms with Crippen LogP contribution < -0.4 is 4.74 Å². The van der Waals surface area contributed by atoms with Gasteiger partial charge in [-0.2, -0.15) is 10.5 Å². The number of nitriles is 2. The number of methoxy groups -OCH3 is 1. The highest BCUT2D eigenvalue weighted by atomic mass is 79.9. The zero-order valence-electron chi connectivity index (χ0n) is 19.5. The van der Waals surface area contributed by atoms with Crippen molar-refractivity contribution in [3.8, 4) is 17.9 Å². The summed E-state index contributed by atoms with van der Waals surface area (Å²) in [6, 6.07) is 15.1. The third kappa shape index (κ3) is 5.75. The lowest BCUT2D eigenvalue weighted by molar-refractivity contribution is 0.0801. The molecule has 0 unspecified atom stereocenters. The van der Waals surface area contributed by atoms with Gasteiger partial charge in [-0.05, 0) is 49.5 Å². The average Bonchev–Trinajstić information content (AvgIpc) is 3.22. The summed E-state index contributed by atoms with van der Waals surface area (Å²) in [7, 11) is 3.63. The number of likely N-dealkylation sites (N-methyl/N-ethyl adjacent to an activating group) is 1. The van der Waals surface area contributed by atoms with Gasteiger partial charge in [-0.3, -0.25) is 14.3 Å². The van der Waals surface area contributed by atoms with Crippen molar-refractivity contribution in [3.63, 3.8) is 0 Å². The molecule has 0 atom stereocenters. The molecule has 2 heterocycles. The number of hydrogen-bond donors (Lipinski definition) is 0. The Kier molecular flexibility index (Phi) is 8.71. The quantitative estimate of drug-likeness (QED) is 0.427. The Bertz CT molecular complexity index is 1360. The molecule has 180 valence electrons. The fourth-order valence-corrected chi connectivity index (χ4v) is 4.50. The van der Waals surface area contributed by atoms with Crippen molar-refractivity contribution in [1.29, 1.82) is 10.5 Å². The van der Waals surface area contributed by atoms with E-state index in [0.29, 0.717) is 34.6 Å². The summed E-state index contributed by atoms with van der Waals surface area (Å²) >= 11 is 3.51. The fraction of sp³-hybridized carbons (Fsp3) is 0.269. The Labute approximate surface area is 219 Å². The second-order valence-corrected chi connectivity index (χ2v) is 9.20. The van der Waals surface area contributed by atoms with Gasteiger partial charge in [0.25, 0.3) is 0 Å². The number of rotatable bonds is 5. The van der Waals surface area contributed by atoms with E-state index in [1.807, 2.05) is 18.2 Å². The Morgan fingerprint density at radius 1 is 1.14 bits per heavy atom. The SMILES string of the molecule is COc1ccc(C#N)cc1C=C(C#N)c1cn(C(=O)CN2CCN(C)CC2)c2ccc(Br)cc12.Cl. The van der Waals surface area contributed by atoms with Crippen LogP contribution in [-0.2, 0) is 0 Å². The molecule has 4 rings (SSSR count). The minimum Gasteiger partial charge on any atom is -0.496 e. The molecule has 1 aliphatic heterocycles. The smallest absolute Gasteiger partial charge is 0.245 e. The van der Waals surface area contributed by atoms with Gasteiger partial charge in [0.05, 0.1) is 42.4 Å². The Hall–Kier alpha value is -3.14. The number of halogens is 2. The predicted octanol–water partition coefficient (Wildman–Crippen LogP) is 4.66. The number of piperazine rings is 1. The maximum absolute atomic E-state index is 13.3. The first-order valence-corrected chi connectivity index (χ1v) is 11.7. The molecule has 1 fully saturated rings. The van der Waals surface area contributed by atoms with E-state index in [-0.39, 0.29) is 18.3 Å². The highest BCUT2D eigenvalue weighted by Gasteiger charge is 2.21. The monoisotopic (exact) mass is 553 g/mol. The number of benzene rings is 2. The maximum atomic E-state index is 13.3. The van der Waals surface area contributed by atoms with E-state index >= 15 is 0 Å². The third-order valence-corrected chi connectivity index (χ3v) is 6.55. The lowest BCUT2D eigenvalue weighted by Gasteiger charge is -2.31. The van der Waals surface area contributed by atoms with Crippen molar-refractivity contribution in [1.82, 2.24) is 14.4 Å². The minimum atomic E-state index is -0.0375. The van der Waals surface area contributed by atoms with E-state index in [4.69, 9.17) is 4.74 Å². The van der Waals surface area contributed by atoms with Crippen LogP contribution in [0.1, 0.15) is 21.5 Å². The molecule has 7 nitrogen and oxygen atoms in total. The minimum absolute atomic E-state index is 0. The standard InChI is InChI=1S/C26H24BrN5O2.ClH/c1-30-7-9-31(10-8-30)17-26(33)32-16-23(22-13-21(27)4-5-24(22)32)20(15-29)12-19-11-18(14-28)3-6-25(19)34-2;/h3-6,11-13,16H,7-10,17H2,1-2H3;1H. The topological polar surface area (TPSA) is 85.3 Å². The zero-order valence-corrected chi connectivity index (χ0v) is 21.9. The van der Waals surface area contributed by atoms with Gasteiger partial charge in [0, 0.05) is 53.4 Å². The number of ether oxygens (including phenoxy) is 1. The van der Waals surface area contributed by atoms with E-state index in [1.54, 1.807) is 42.1 Å². The molecular weight excluding hydrogens is 530 g/mol. The number of aromatic nitrogens is 1. The summed E-state index contributed by atoms with van der Waals surface area (Å²) in [5, 5.41) is 20.1. The van der Waals surface area contributed by atoms with Crippen LogP contribution in [0.3, 0.4) is 0 Å². The van der Waals surface area contributed by atoms with Gasteiger partial charge in [0.15, 0.2) is 0 Å². The van der Waals surface area contributed by atoms with Gasteiger partial charge in [0.2, 0.25) is 5.91 Å². The van der Waals surface area contributed by atoms with Crippen molar-refractivity contribution in [2.45, 2.75) is 0 Å². The number of fused-ring (bicyclic) bond motifs is 1. The fourth-order valence-electron chi connectivity index (χ4n) is 4.14. The number of carbonyl (C=O) groups is 1. The van der Waals surface area contributed by atoms with E-state index in [2.05, 4.69) is 44.9 Å². The summed E-state index contributed by atoms with van der Waals surface area (Å²) in [5.41, 5.74) is 2.86. The van der Waals surface area contributed by atoms with Crippen LogP contribution in [0.2, 0.25) is 0 Å². The van der Waals surface area contributed by atoms with Crippen molar-refractivity contribution in [2.75, 3.05) is 46.9 Å². The van der Waals surface area contributed by atoms with Crippen LogP contribution in [-0.4, -0.2) is 67.2 Å². The van der Waals surface area contributed by atoms with Gasteiger partial charge in [-0.25, -0.2) is 0 Å². The molecule has 2 aromatic carbocycles. The largest absolute Gasteiger partial charge is 0.496 e. The van der Waals surface area contributed by atoms with E-state index < -0.39 is 0 Å². The second-order valence-electron chi connectivity index (χ2n) is 8.29. The molecular formula is C26H25BrClN5O2. The molecule has 1 aliphatic rings. The highest BCUT2D eigenvalue weighted by Crippen LogP contribution is 2.32. The van der Waals surface area contributed by atoms with E-state index in [9.17, 15) is 15.3 Å². The first kappa shape index (κ1) is 26.5. The van der Waals surface area contributed by atoms with Crippen LogP contribution in [0.5, 0.6) is 5.75 Å². The van der Waals surface area contributed by atoms with Crippen molar-refractivity contribution >= 4 is 56.8 Å². The molecule has 0 amide bonds. The molecule has 0 aliphatic carbocycles. The lowest BCUT2D eigenvalue weighted by atomic mass is 10.0. The van der Waals surface area contributed by atoms with Gasteiger partial charge < -0.3 is 9.64 Å². The van der Waals surface area contributed by atoms with Gasteiger partial charge >= 0.3 is 0 Å². The molecule has 3 aromatic rings. The summed E-state index contributed by atoms with van der Waals surface area (Å²) < 4.78 is 7.93. The first-order chi connectivity index (χ1) is 16.4. The highest BCUT2D eigenvalue weighted by molar-refractivity contribution is 9.10. The number of nitrogens with zero attached hydrogens (tertiary/aromatic N) is 5. The zero-order chi connectivity index (χ0) is 24.2. The summed E-state index contributed by atoms with van der Waals surface area (Å²) in [4.78, 5) is 17.7. The number of allylic oxidation sites excluding steroid dienone is 1. The first-order valence-electron chi connectivity index (χ1n) is 10.9. The van der Waals surface area contributed by atoms with Crippen LogP contribution in [0.15, 0.2) is 47.1 Å². The van der Waals surface area contributed by atoms with Crippen molar-refractivity contribution in [2.24, 2.45) is 0 Å². The van der Waals surface area contributed by atoms with Gasteiger partial charge in [-0.15, -0.1) is 12.4 Å². The van der Waals surface area contributed by atoms with Gasteiger partial charge in [0.1, 0.15) is 5.75 Å². The van der Waals surface area contributed by atoms with Crippen LogP contribution >= 0.6 is 28.3 Å². The number of hydrogen-bond acceptors (Lipinski definition) is 6. The molecule has 9 heteroatoms. The molecule has 1 aromatic heterocycles. The summed E-state index contributed by atoms with van der Waals surface area (Å²) in [6.45, 7) is 3.87. The normalized spacial score (nSPS) is 14.7. The third-order valence-electron chi connectivity index (χ3n) is 6.06. The Balaban J connectivity index is 0.00000342. The summed E-state index contributed by atoms with van der Waals surface area (Å²) in [6.07, 6.45) is 3.44. The summed E-state index contributed by atoms with van der Waals surface area (Å²) in [5.74, 6) is 0.521. The Morgan fingerprint density at radius 2 is 1.89 bits per heavy atom. The maximum Gasteiger partial charge on any atom is 0.245 e. The van der Waals surface area contributed by atoms with Crippen LogP contribution in [0, 0.1) is 22.7 Å². The molecule has 0 bridgehead atoms. The number of carbonyl (C=O) groups excluding carboxylic acids is 1. The molecule has 1 saturated heterocycles. The van der Waals surface area contributed by atoms with E-state index in [0.717, 1.165) is 41.6 Å². The van der Waals surface area contributed by atoms with Crippen LogP contribution in [0.4, 0.5) is 0 Å².